The highest BCUT2D eigenvalue weighted by Crippen LogP contribution is 2.27. The Labute approximate surface area is 187 Å². The molecule has 1 aliphatic rings. The van der Waals surface area contributed by atoms with E-state index in [-0.39, 0.29) is 6.04 Å². The molecule has 7 nitrogen and oxygen atoms in total. The number of aromatic amines is 1. The average Bonchev–Trinajstić information content (AvgIpc) is 3.29. The molecular formula is C24H24N4O3S. The normalized spacial score (nSPS) is 17.6. The summed E-state index contributed by atoms with van der Waals surface area (Å²) in [6.07, 6.45) is 4.93. The van der Waals surface area contributed by atoms with Gasteiger partial charge in [0.2, 0.25) is 0 Å². The highest BCUT2D eigenvalue weighted by Gasteiger charge is 2.27. The molecule has 0 radical (unpaired) electrons. The molecule has 0 spiro atoms. The summed E-state index contributed by atoms with van der Waals surface area (Å²) in [5.74, 6) is 0.834. The number of imidazole rings is 1. The zero-order valence-corrected chi connectivity index (χ0v) is 18.5. The van der Waals surface area contributed by atoms with Crippen molar-refractivity contribution in [2.45, 2.75) is 17.5 Å². The zero-order valence-electron chi connectivity index (χ0n) is 17.7. The molecule has 164 valence electrons. The van der Waals surface area contributed by atoms with Gasteiger partial charge in [-0.05, 0) is 35.4 Å². The molecule has 0 bridgehead atoms. The van der Waals surface area contributed by atoms with Gasteiger partial charge in [0.15, 0.2) is 9.84 Å². The summed E-state index contributed by atoms with van der Waals surface area (Å²) in [5.41, 5.74) is 3.88. The lowest BCUT2D eigenvalue weighted by atomic mass is 10.1. The number of morpholine rings is 1. The molecule has 1 atom stereocenters. The van der Waals surface area contributed by atoms with Crippen LogP contribution in [0.3, 0.4) is 0 Å². The lowest BCUT2D eigenvalue weighted by molar-refractivity contribution is -0.0156. The first-order valence-corrected chi connectivity index (χ1v) is 12.4. The molecule has 5 rings (SSSR count). The van der Waals surface area contributed by atoms with E-state index >= 15 is 0 Å². The molecule has 1 aliphatic heterocycles. The van der Waals surface area contributed by atoms with E-state index in [1.54, 1.807) is 30.5 Å². The quantitative estimate of drug-likeness (QED) is 0.502. The van der Waals surface area contributed by atoms with E-state index in [1.807, 2.05) is 24.4 Å². The minimum atomic E-state index is -3.22. The van der Waals surface area contributed by atoms with Crippen LogP contribution in [0.4, 0.5) is 0 Å². The lowest BCUT2D eigenvalue weighted by Crippen LogP contribution is -2.39. The van der Waals surface area contributed by atoms with Crippen LogP contribution in [0.15, 0.2) is 71.9 Å². The third-order valence-corrected chi connectivity index (χ3v) is 6.91. The molecule has 8 heteroatoms. The van der Waals surface area contributed by atoms with Gasteiger partial charge in [-0.3, -0.25) is 9.88 Å². The number of sulfone groups is 1. The third-order valence-electron chi connectivity index (χ3n) is 5.78. The van der Waals surface area contributed by atoms with Crippen molar-refractivity contribution in [3.63, 3.8) is 0 Å². The van der Waals surface area contributed by atoms with E-state index in [0.29, 0.717) is 18.1 Å². The van der Waals surface area contributed by atoms with Crippen molar-refractivity contribution in [2.24, 2.45) is 0 Å². The Balaban J connectivity index is 1.37. The number of H-pyrrole nitrogens is 1. The van der Waals surface area contributed by atoms with Gasteiger partial charge in [-0.1, -0.05) is 30.3 Å². The second kappa shape index (κ2) is 8.46. The highest BCUT2D eigenvalue weighted by molar-refractivity contribution is 7.90. The van der Waals surface area contributed by atoms with Crippen LogP contribution >= 0.6 is 0 Å². The zero-order chi connectivity index (χ0) is 22.1. The van der Waals surface area contributed by atoms with Gasteiger partial charge in [0, 0.05) is 30.9 Å². The van der Waals surface area contributed by atoms with E-state index in [1.165, 1.54) is 6.26 Å². The van der Waals surface area contributed by atoms with Gasteiger partial charge < -0.3 is 9.72 Å². The van der Waals surface area contributed by atoms with E-state index in [9.17, 15) is 8.42 Å². The average molecular weight is 449 g/mol. The fourth-order valence-electron chi connectivity index (χ4n) is 4.05. The van der Waals surface area contributed by atoms with Gasteiger partial charge in [0.1, 0.15) is 5.82 Å². The van der Waals surface area contributed by atoms with Gasteiger partial charge in [-0.15, -0.1) is 0 Å². The van der Waals surface area contributed by atoms with Gasteiger partial charge in [-0.25, -0.2) is 13.4 Å². The van der Waals surface area contributed by atoms with Crippen LogP contribution in [-0.2, 0) is 21.1 Å². The Bertz CT molecular complexity index is 1350. The summed E-state index contributed by atoms with van der Waals surface area (Å²) in [6, 6.07) is 17.1. The fourth-order valence-corrected chi connectivity index (χ4v) is 4.68. The Morgan fingerprint density at radius 1 is 1.09 bits per heavy atom. The second-order valence-corrected chi connectivity index (χ2v) is 10.1. The third kappa shape index (κ3) is 4.29. The molecule has 2 aromatic carbocycles. The molecule has 1 saturated heterocycles. The molecule has 0 saturated carbocycles. The predicted molar refractivity (Wildman–Crippen MR) is 123 cm³/mol. The molecule has 0 aliphatic carbocycles. The summed E-state index contributed by atoms with van der Waals surface area (Å²) in [4.78, 5) is 15.3. The number of rotatable bonds is 5. The van der Waals surface area contributed by atoms with Crippen molar-refractivity contribution in [1.29, 1.82) is 0 Å². The number of para-hydroxylation sites is 1. The molecule has 0 unspecified atom stereocenters. The first-order chi connectivity index (χ1) is 15.5. The van der Waals surface area contributed by atoms with Crippen molar-refractivity contribution >= 4 is 20.7 Å². The number of hydrogen-bond acceptors (Lipinski definition) is 6. The van der Waals surface area contributed by atoms with E-state index in [2.05, 4.69) is 32.0 Å². The standard InChI is InChI=1S/C24H24N4O3S/c1-32(29,30)20-8-6-18(7-9-20)22-14-26-24(27-22)23-16-31-11-10-28(23)15-17-12-19-4-2-3-5-21(19)25-13-17/h2-9,12-14,23H,10-11,15-16H2,1H3,(H,26,27)/t23-/m0/s1. The van der Waals surface area contributed by atoms with Crippen molar-refractivity contribution < 1.29 is 13.2 Å². The number of hydrogen-bond donors (Lipinski definition) is 1. The van der Waals surface area contributed by atoms with Crippen molar-refractivity contribution in [1.82, 2.24) is 19.9 Å². The molecule has 0 amide bonds. The number of fused-ring (bicyclic) bond motifs is 1. The molecule has 3 heterocycles. The van der Waals surface area contributed by atoms with Crippen LogP contribution < -0.4 is 0 Å². The smallest absolute Gasteiger partial charge is 0.175 e. The monoisotopic (exact) mass is 448 g/mol. The summed E-state index contributed by atoms with van der Waals surface area (Å²) < 4.78 is 29.2. The van der Waals surface area contributed by atoms with Gasteiger partial charge >= 0.3 is 0 Å². The molecule has 4 aromatic rings. The first kappa shape index (κ1) is 20.8. The molecule has 2 aromatic heterocycles. The van der Waals surface area contributed by atoms with Crippen molar-refractivity contribution in [3.8, 4) is 11.3 Å². The summed E-state index contributed by atoms with van der Waals surface area (Å²) >= 11 is 0. The van der Waals surface area contributed by atoms with Crippen LogP contribution in [-0.4, -0.2) is 54.3 Å². The van der Waals surface area contributed by atoms with E-state index in [0.717, 1.165) is 46.6 Å². The first-order valence-electron chi connectivity index (χ1n) is 10.5. The maximum Gasteiger partial charge on any atom is 0.175 e. The van der Waals surface area contributed by atoms with Crippen LogP contribution in [0.5, 0.6) is 0 Å². The molecule has 1 fully saturated rings. The highest BCUT2D eigenvalue weighted by atomic mass is 32.2. The summed E-state index contributed by atoms with van der Waals surface area (Å²) in [5, 5.41) is 1.13. The van der Waals surface area contributed by atoms with Gasteiger partial charge in [0.05, 0.1) is 41.6 Å². The fraction of sp³-hybridized carbons (Fsp3) is 0.250. The SMILES string of the molecule is CS(=O)(=O)c1ccc(-c2cnc([C@@H]3COCCN3Cc3cnc4ccccc4c3)[nH]2)cc1. The number of nitrogens with one attached hydrogen (secondary N) is 1. The van der Waals surface area contributed by atoms with E-state index < -0.39 is 9.84 Å². The van der Waals surface area contributed by atoms with Gasteiger partial charge in [-0.2, -0.15) is 0 Å². The minimum Gasteiger partial charge on any atom is -0.378 e. The topological polar surface area (TPSA) is 88.2 Å². The predicted octanol–water partition coefficient (Wildman–Crippen LogP) is 3.60. The number of aromatic nitrogens is 3. The lowest BCUT2D eigenvalue weighted by Gasteiger charge is -2.34. The largest absolute Gasteiger partial charge is 0.378 e. The number of nitrogens with zero attached hydrogens (tertiary/aromatic N) is 3. The summed E-state index contributed by atoms with van der Waals surface area (Å²) in [6.45, 7) is 2.79. The van der Waals surface area contributed by atoms with Crippen molar-refractivity contribution in [3.05, 3.63) is 78.4 Å². The van der Waals surface area contributed by atoms with Crippen LogP contribution in [0.25, 0.3) is 22.2 Å². The Morgan fingerprint density at radius 3 is 2.72 bits per heavy atom. The number of pyridine rings is 1. The number of benzene rings is 2. The Kier molecular flexibility index (Phi) is 5.50. The second-order valence-electron chi connectivity index (χ2n) is 8.08. The molecular weight excluding hydrogens is 424 g/mol. The van der Waals surface area contributed by atoms with Crippen LogP contribution in [0.2, 0.25) is 0 Å². The Hall–Kier alpha value is -3.07. The molecule has 32 heavy (non-hydrogen) atoms. The van der Waals surface area contributed by atoms with Crippen LogP contribution in [0, 0.1) is 0 Å². The Morgan fingerprint density at radius 2 is 1.91 bits per heavy atom. The van der Waals surface area contributed by atoms with Crippen LogP contribution in [0.1, 0.15) is 17.4 Å². The molecule has 1 N–H and O–H groups in total. The van der Waals surface area contributed by atoms with Gasteiger partial charge in [0.25, 0.3) is 0 Å². The van der Waals surface area contributed by atoms with E-state index in [4.69, 9.17) is 4.74 Å². The van der Waals surface area contributed by atoms with Crippen molar-refractivity contribution in [2.75, 3.05) is 26.0 Å². The maximum absolute atomic E-state index is 11.7. The maximum atomic E-state index is 11.7. The number of ether oxygens (including phenoxy) is 1. The summed E-state index contributed by atoms with van der Waals surface area (Å²) in [7, 11) is -3.22. The minimum absolute atomic E-state index is 0.000682.